The van der Waals surface area contributed by atoms with Gasteiger partial charge in [-0.2, -0.15) is 0 Å². The largest absolute Gasteiger partial charge is 0.354 e. The molecule has 0 unspecified atom stereocenters. The van der Waals surface area contributed by atoms with Gasteiger partial charge in [0, 0.05) is 24.0 Å². The number of rotatable bonds is 13. The molecule has 46 heavy (non-hydrogen) atoms. The van der Waals surface area contributed by atoms with E-state index in [2.05, 4.69) is 21.2 Å². The number of amides is 2. The number of benzene rings is 4. The number of carbonyl (C=O) groups excluding carboxylic acids is 2. The number of aryl methyl sites for hydroxylation is 1. The predicted octanol–water partition coefficient (Wildman–Crippen LogP) is 7.67. The number of sulfonamides is 1. The highest BCUT2D eigenvalue weighted by molar-refractivity contribution is 9.10. The van der Waals surface area contributed by atoms with Crippen molar-refractivity contribution in [3.63, 3.8) is 0 Å². The molecule has 4 aromatic rings. The smallest absolute Gasteiger partial charge is 0.264 e. The molecule has 7 nitrogen and oxygen atoms in total. The molecule has 242 valence electrons. The van der Waals surface area contributed by atoms with Gasteiger partial charge in [-0.05, 0) is 60.4 Å². The van der Waals surface area contributed by atoms with Crippen LogP contribution in [0.3, 0.4) is 0 Å². The fourth-order valence-corrected chi connectivity index (χ4v) is 6.94. The Morgan fingerprint density at radius 2 is 1.50 bits per heavy atom. The number of hydrogen-bond acceptors (Lipinski definition) is 4. The second-order valence-corrected chi connectivity index (χ2v) is 15.0. The number of nitrogens with zero attached hydrogens (tertiary/aromatic N) is 2. The van der Waals surface area contributed by atoms with Crippen LogP contribution in [0.5, 0.6) is 0 Å². The number of nitrogens with one attached hydrogen (secondary N) is 1. The van der Waals surface area contributed by atoms with Crippen LogP contribution < -0.4 is 9.62 Å². The van der Waals surface area contributed by atoms with E-state index in [0.717, 1.165) is 25.5 Å². The maximum atomic E-state index is 14.6. The third kappa shape index (κ3) is 9.12. The van der Waals surface area contributed by atoms with Crippen molar-refractivity contribution in [2.75, 3.05) is 17.4 Å². The van der Waals surface area contributed by atoms with E-state index in [1.807, 2.05) is 75.4 Å². The second-order valence-electron chi connectivity index (χ2n) is 11.4. The lowest BCUT2D eigenvalue weighted by Crippen LogP contribution is -2.53. The van der Waals surface area contributed by atoms with Gasteiger partial charge in [0.1, 0.15) is 12.6 Å². The summed E-state index contributed by atoms with van der Waals surface area (Å²) < 4.78 is 30.2. The monoisotopic (exact) mass is 743 g/mol. The van der Waals surface area contributed by atoms with Crippen LogP contribution in [0, 0.1) is 12.8 Å². The van der Waals surface area contributed by atoms with Crippen molar-refractivity contribution in [2.24, 2.45) is 5.92 Å². The quantitative estimate of drug-likeness (QED) is 0.152. The Balaban J connectivity index is 1.82. The highest BCUT2D eigenvalue weighted by atomic mass is 79.9. The summed E-state index contributed by atoms with van der Waals surface area (Å²) in [5.41, 5.74) is 2.54. The molecular weight excluding hydrogens is 709 g/mol. The van der Waals surface area contributed by atoms with Gasteiger partial charge in [-0.25, -0.2) is 8.42 Å². The molecule has 0 aliphatic rings. The summed E-state index contributed by atoms with van der Waals surface area (Å²) in [4.78, 5) is 29.8. The van der Waals surface area contributed by atoms with E-state index in [1.165, 1.54) is 23.1 Å². The van der Waals surface area contributed by atoms with Gasteiger partial charge in [-0.15, -0.1) is 0 Å². The van der Waals surface area contributed by atoms with Crippen LogP contribution in [-0.4, -0.2) is 44.3 Å². The van der Waals surface area contributed by atoms with Crippen molar-refractivity contribution in [1.29, 1.82) is 0 Å². The van der Waals surface area contributed by atoms with Crippen molar-refractivity contribution in [1.82, 2.24) is 10.2 Å². The van der Waals surface area contributed by atoms with Crippen LogP contribution in [0.1, 0.15) is 30.5 Å². The van der Waals surface area contributed by atoms with E-state index in [0.29, 0.717) is 6.54 Å². The zero-order valence-electron chi connectivity index (χ0n) is 25.8. The maximum absolute atomic E-state index is 14.6. The normalized spacial score (nSPS) is 12.1. The van der Waals surface area contributed by atoms with Crippen molar-refractivity contribution < 1.29 is 18.0 Å². The van der Waals surface area contributed by atoms with E-state index in [4.69, 9.17) is 23.2 Å². The molecule has 0 saturated heterocycles. The molecule has 0 bridgehead atoms. The van der Waals surface area contributed by atoms with Crippen LogP contribution >= 0.6 is 39.1 Å². The molecule has 0 aromatic heterocycles. The molecule has 0 aliphatic heterocycles. The zero-order chi connectivity index (χ0) is 33.4. The Morgan fingerprint density at radius 1 is 0.848 bits per heavy atom. The average Bonchev–Trinajstić information content (AvgIpc) is 3.03. The van der Waals surface area contributed by atoms with Gasteiger partial charge in [0.05, 0.1) is 20.6 Å². The first-order chi connectivity index (χ1) is 21.9. The molecule has 0 saturated carbocycles. The number of halogens is 3. The molecule has 0 fully saturated rings. The highest BCUT2D eigenvalue weighted by Gasteiger charge is 2.35. The van der Waals surface area contributed by atoms with E-state index < -0.39 is 28.5 Å². The van der Waals surface area contributed by atoms with E-state index in [9.17, 15) is 18.0 Å². The maximum Gasteiger partial charge on any atom is 0.264 e. The molecule has 2 amide bonds. The second kappa shape index (κ2) is 16.0. The Hall–Kier alpha value is -3.37. The standard InChI is InChI=1S/C35H36BrCl2N3O4S/c1-24(2)21-39-35(43)32(20-26-8-5-4-6-9-26)40(22-27-14-16-28(36)17-15-27)33(42)23-41(31-11-7-10-30(37)34(31)38)46(44,45)29-18-12-25(3)13-19-29/h4-19,24,32H,20-23H2,1-3H3,(H,39,43)/t32-/m1/s1. The van der Waals surface area contributed by atoms with Crippen LogP contribution in [0.2, 0.25) is 10.0 Å². The molecule has 0 aliphatic carbocycles. The fraction of sp³-hybridized carbons (Fsp3) is 0.257. The first-order valence-electron chi connectivity index (χ1n) is 14.8. The summed E-state index contributed by atoms with van der Waals surface area (Å²) in [6.45, 7) is 5.66. The first kappa shape index (κ1) is 35.5. The van der Waals surface area contributed by atoms with Crippen molar-refractivity contribution in [3.8, 4) is 0 Å². The Morgan fingerprint density at radius 3 is 2.13 bits per heavy atom. The summed E-state index contributed by atoms with van der Waals surface area (Å²) >= 11 is 16.4. The zero-order valence-corrected chi connectivity index (χ0v) is 29.7. The van der Waals surface area contributed by atoms with E-state index in [1.54, 1.807) is 24.3 Å². The van der Waals surface area contributed by atoms with Crippen LogP contribution in [0.4, 0.5) is 5.69 Å². The number of carbonyl (C=O) groups is 2. The first-order valence-corrected chi connectivity index (χ1v) is 17.7. The molecule has 1 atom stereocenters. The minimum Gasteiger partial charge on any atom is -0.354 e. The molecule has 4 aromatic carbocycles. The number of hydrogen-bond donors (Lipinski definition) is 1. The fourth-order valence-electron chi connectivity index (χ4n) is 4.80. The van der Waals surface area contributed by atoms with E-state index >= 15 is 0 Å². The summed E-state index contributed by atoms with van der Waals surface area (Å²) in [6, 6.07) is 26.8. The van der Waals surface area contributed by atoms with Gasteiger partial charge in [-0.1, -0.05) is 119 Å². The van der Waals surface area contributed by atoms with Gasteiger partial charge in [0.25, 0.3) is 10.0 Å². The van der Waals surface area contributed by atoms with Gasteiger partial charge in [0.15, 0.2) is 0 Å². The van der Waals surface area contributed by atoms with Gasteiger partial charge >= 0.3 is 0 Å². The Kier molecular flexibility index (Phi) is 12.3. The van der Waals surface area contributed by atoms with Crippen LogP contribution in [0.25, 0.3) is 0 Å². The lowest BCUT2D eigenvalue weighted by atomic mass is 10.0. The summed E-state index contributed by atoms with van der Waals surface area (Å²) in [5, 5.41) is 3.11. The lowest BCUT2D eigenvalue weighted by Gasteiger charge is -2.34. The topological polar surface area (TPSA) is 86.8 Å². The molecule has 0 spiro atoms. The molecule has 4 rings (SSSR count). The predicted molar refractivity (Wildman–Crippen MR) is 189 cm³/mol. The molecule has 0 radical (unpaired) electrons. The molecular formula is C35H36BrCl2N3O4S. The van der Waals surface area contributed by atoms with Gasteiger partial charge < -0.3 is 10.2 Å². The SMILES string of the molecule is Cc1ccc(S(=O)(=O)N(CC(=O)N(Cc2ccc(Br)cc2)[C@H](Cc2ccccc2)C(=O)NCC(C)C)c2cccc(Cl)c2Cl)cc1. The van der Waals surface area contributed by atoms with Gasteiger partial charge in [-0.3, -0.25) is 13.9 Å². The molecule has 0 heterocycles. The Labute approximate surface area is 289 Å². The van der Waals surface area contributed by atoms with Crippen LogP contribution in [0.15, 0.2) is 106 Å². The third-order valence-electron chi connectivity index (χ3n) is 7.31. The van der Waals surface area contributed by atoms with Crippen LogP contribution in [-0.2, 0) is 32.6 Å². The average molecular weight is 746 g/mol. The lowest BCUT2D eigenvalue weighted by molar-refractivity contribution is -0.140. The molecule has 11 heteroatoms. The van der Waals surface area contributed by atoms with E-state index in [-0.39, 0.29) is 45.4 Å². The molecule has 1 N–H and O–H groups in total. The summed E-state index contributed by atoms with van der Waals surface area (Å²) in [5.74, 6) is -0.746. The number of anilines is 1. The minimum atomic E-state index is -4.31. The third-order valence-corrected chi connectivity index (χ3v) is 10.4. The van der Waals surface area contributed by atoms with Crippen molar-refractivity contribution >= 4 is 66.7 Å². The Bertz CT molecular complexity index is 1750. The highest BCUT2D eigenvalue weighted by Crippen LogP contribution is 2.35. The van der Waals surface area contributed by atoms with Gasteiger partial charge in [0.2, 0.25) is 11.8 Å². The summed E-state index contributed by atoms with van der Waals surface area (Å²) in [7, 11) is -4.31. The van der Waals surface area contributed by atoms with Crippen molar-refractivity contribution in [2.45, 2.75) is 44.7 Å². The van der Waals surface area contributed by atoms with Crippen molar-refractivity contribution in [3.05, 3.63) is 128 Å². The summed E-state index contributed by atoms with van der Waals surface area (Å²) in [6.07, 6.45) is 0.218. The minimum absolute atomic E-state index is 0.0115.